The molecule has 138 valence electrons. The lowest BCUT2D eigenvalue weighted by Gasteiger charge is -2.53. The van der Waals surface area contributed by atoms with Gasteiger partial charge in [0, 0.05) is 19.1 Å². The van der Waals surface area contributed by atoms with Crippen LogP contribution in [-0.4, -0.2) is 38.4 Å². The third-order valence-electron chi connectivity index (χ3n) is 5.80. The summed E-state index contributed by atoms with van der Waals surface area (Å²) in [5.41, 5.74) is -0.00587. The van der Waals surface area contributed by atoms with Crippen molar-refractivity contribution in [2.24, 2.45) is 5.41 Å². The number of sulfonamides is 1. The summed E-state index contributed by atoms with van der Waals surface area (Å²) in [5.74, 6) is 0.0931. The highest BCUT2D eigenvalue weighted by Gasteiger charge is 2.50. The Morgan fingerprint density at radius 3 is 2.38 bits per heavy atom. The molecule has 2 heterocycles. The first kappa shape index (κ1) is 17.7. The Bertz CT molecular complexity index is 871. The average Bonchev–Trinajstić information content (AvgIpc) is 3.20. The van der Waals surface area contributed by atoms with Crippen molar-refractivity contribution in [3.8, 4) is 0 Å². The number of piperidine rings is 1. The van der Waals surface area contributed by atoms with E-state index in [4.69, 9.17) is 0 Å². The Balaban J connectivity index is 1.41. The molecule has 1 amide bonds. The predicted octanol–water partition coefficient (Wildman–Crippen LogP) is 3.11. The van der Waals surface area contributed by atoms with Gasteiger partial charge in [-0.3, -0.25) is 4.79 Å². The quantitative estimate of drug-likeness (QED) is 0.872. The minimum Gasteiger partial charge on any atom is -0.338 e. The Morgan fingerprint density at radius 2 is 1.81 bits per heavy atom. The van der Waals surface area contributed by atoms with Gasteiger partial charge in [0.05, 0.1) is 9.77 Å². The second kappa shape index (κ2) is 6.79. The molecule has 4 rings (SSSR count). The van der Waals surface area contributed by atoms with Crippen LogP contribution >= 0.6 is 11.3 Å². The number of thiophene rings is 1. The van der Waals surface area contributed by atoms with Gasteiger partial charge in [-0.15, -0.1) is 11.3 Å². The van der Waals surface area contributed by atoms with Gasteiger partial charge < -0.3 is 4.90 Å². The highest BCUT2D eigenvalue weighted by Crippen LogP contribution is 2.49. The Morgan fingerprint density at radius 1 is 1.08 bits per heavy atom. The van der Waals surface area contributed by atoms with Gasteiger partial charge in [-0.05, 0) is 54.7 Å². The van der Waals surface area contributed by atoms with Crippen LogP contribution in [0.5, 0.6) is 0 Å². The van der Waals surface area contributed by atoms with E-state index < -0.39 is 10.0 Å². The van der Waals surface area contributed by atoms with E-state index in [9.17, 15) is 13.2 Å². The van der Waals surface area contributed by atoms with E-state index in [1.165, 1.54) is 11.3 Å². The van der Waals surface area contributed by atoms with Gasteiger partial charge in [-0.2, -0.15) is 0 Å². The maximum Gasteiger partial charge on any atom is 0.263 e. The summed E-state index contributed by atoms with van der Waals surface area (Å²) in [6.45, 7) is 1.39. The van der Waals surface area contributed by atoms with Crippen LogP contribution in [0.1, 0.15) is 35.4 Å². The molecular formula is C19H22N2O3S2. The minimum atomic E-state index is -3.49. The minimum absolute atomic E-state index is 0.00587. The fourth-order valence-corrected chi connectivity index (χ4v) is 6.13. The lowest BCUT2D eigenvalue weighted by molar-refractivity contribution is 0.00527. The van der Waals surface area contributed by atoms with Crippen molar-refractivity contribution in [2.45, 2.75) is 36.6 Å². The number of nitrogens with one attached hydrogen (secondary N) is 1. The Hall–Kier alpha value is -1.70. The van der Waals surface area contributed by atoms with E-state index in [1.54, 1.807) is 24.3 Å². The molecule has 1 aromatic carbocycles. The topological polar surface area (TPSA) is 66.5 Å². The molecule has 1 N–H and O–H groups in total. The van der Waals surface area contributed by atoms with Crippen LogP contribution in [0, 0.1) is 5.41 Å². The van der Waals surface area contributed by atoms with Crippen molar-refractivity contribution < 1.29 is 13.2 Å². The van der Waals surface area contributed by atoms with Crippen LogP contribution in [0.4, 0.5) is 0 Å². The van der Waals surface area contributed by atoms with E-state index in [-0.39, 0.29) is 17.4 Å². The average molecular weight is 391 g/mol. The van der Waals surface area contributed by atoms with Crippen molar-refractivity contribution in [3.63, 3.8) is 0 Å². The molecule has 1 saturated heterocycles. The fraction of sp³-hybridized carbons (Fsp3) is 0.421. The molecule has 2 aromatic rings. The van der Waals surface area contributed by atoms with Gasteiger partial charge >= 0.3 is 0 Å². The smallest absolute Gasteiger partial charge is 0.263 e. The summed E-state index contributed by atoms with van der Waals surface area (Å²) in [6, 6.07) is 12.2. The molecule has 2 fully saturated rings. The molecule has 1 atom stereocenters. The monoisotopic (exact) mass is 390 g/mol. The lowest BCUT2D eigenvalue weighted by Crippen LogP contribution is -2.59. The van der Waals surface area contributed by atoms with Gasteiger partial charge in [0.1, 0.15) is 0 Å². The fourth-order valence-electron chi connectivity index (χ4n) is 4.05. The molecule has 1 aromatic heterocycles. The number of amides is 1. The SMILES string of the molecule is O=C(c1cccs1)N1CCC2(CCC2NS(=O)(=O)c2ccccc2)CC1. The molecule has 0 radical (unpaired) electrons. The van der Waals surface area contributed by atoms with Gasteiger partial charge in [-0.25, -0.2) is 13.1 Å². The summed E-state index contributed by atoms with van der Waals surface area (Å²) in [5, 5.41) is 1.92. The van der Waals surface area contributed by atoms with E-state index in [1.807, 2.05) is 28.5 Å². The molecule has 5 nitrogen and oxygen atoms in total. The molecule has 7 heteroatoms. The zero-order valence-corrected chi connectivity index (χ0v) is 16.1. The first-order chi connectivity index (χ1) is 12.5. The second-order valence-electron chi connectivity index (χ2n) is 7.16. The maximum atomic E-state index is 12.6. The molecular weight excluding hydrogens is 368 g/mol. The number of carbonyl (C=O) groups is 1. The molecule has 0 bridgehead atoms. The van der Waals surface area contributed by atoms with Crippen LogP contribution in [0.2, 0.25) is 0 Å². The van der Waals surface area contributed by atoms with Gasteiger partial charge in [0.25, 0.3) is 5.91 Å². The van der Waals surface area contributed by atoms with Gasteiger partial charge in [0.15, 0.2) is 0 Å². The molecule has 1 unspecified atom stereocenters. The largest absolute Gasteiger partial charge is 0.338 e. The number of nitrogens with zero attached hydrogens (tertiary/aromatic N) is 1. The Labute approximate surface area is 158 Å². The first-order valence-corrected chi connectivity index (χ1v) is 11.3. The Kier molecular flexibility index (Phi) is 4.62. The van der Waals surface area contributed by atoms with Gasteiger partial charge in [0.2, 0.25) is 10.0 Å². The molecule has 1 aliphatic heterocycles. The van der Waals surface area contributed by atoms with Crippen molar-refractivity contribution in [1.82, 2.24) is 9.62 Å². The van der Waals surface area contributed by atoms with E-state index in [2.05, 4.69) is 4.72 Å². The summed E-state index contributed by atoms with van der Waals surface area (Å²) in [6.07, 6.45) is 3.60. The predicted molar refractivity (Wildman–Crippen MR) is 102 cm³/mol. The summed E-state index contributed by atoms with van der Waals surface area (Å²) < 4.78 is 28.1. The summed E-state index contributed by atoms with van der Waals surface area (Å²) in [4.78, 5) is 15.5. The second-order valence-corrected chi connectivity index (χ2v) is 9.82. The first-order valence-electron chi connectivity index (χ1n) is 8.90. The highest BCUT2D eigenvalue weighted by atomic mass is 32.2. The lowest BCUT2D eigenvalue weighted by atomic mass is 9.59. The van der Waals surface area contributed by atoms with Crippen molar-refractivity contribution in [1.29, 1.82) is 0 Å². The number of carbonyl (C=O) groups excluding carboxylic acids is 1. The third kappa shape index (κ3) is 3.19. The highest BCUT2D eigenvalue weighted by molar-refractivity contribution is 7.89. The number of hydrogen-bond acceptors (Lipinski definition) is 4. The van der Waals surface area contributed by atoms with Crippen LogP contribution in [0.25, 0.3) is 0 Å². The van der Waals surface area contributed by atoms with E-state index in [0.29, 0.717) is 18.0 Å². The zero-order valence-electron chi connectivity index (χ0n) is 14.4. The molecule has 26 heavy (non-hydrogen) atoms. The van der Waals surface area contributed by atoms with Crippen molar-refractivity contribution in [2.75, 3.05) is 13.1 Å². The van der Waals surface area contributed by atoms with E-state index >= 15 is 0 Å². The van der Waals surface area contributed by atoms with E-state index in [0.717, 1.165) is 30.6 Å². The van der Waals surface area contributed by atoms with Crippen LogP contribution < -0.4 is 4.72 Å². The number of likely N-dealkylation sites (tertiary alicyclic amines) is 1. The maximum absolute atomic E-state index is 12.6. The summed E-state index contributed by atoms with van der Waals surface area (Å²) >= 11 is 1.47. The van der Waals surface area contributed by atoms with Crippen molar-refractivity contribution in [3.05, 3.63) is 52.7 Å². The van der Waals surface area contributed by atoms with Crippen molar-refractivity contribution >= 4 is 27.3 Å². The number of benzene rings is 1. The molecule has 1 spiro atoms. The number of rotatable bonds is 4. The molecule has 1 saturated carbocycles. The standard InChI is InChI=1S/C19H22N2O3S2/c22-18(16-7-4-14-25-16)21-12-10-19(11-13-21)9-8-17(19)20-26(23,24)15-5-2-1-3-6-15/h1-7,14,17,20H,8-13H2. The van der Waals surface area contributed by atoms with Gasteiger partial charge in [-0.1, -0.05) is 24.3 Å². The molecule has 1 aliphatic carbocycles. The van der Waals surface area contributed by atoms with Crippen LogP contribution in [0.15, 0.2) is 52.7 Å². The third-order valence-corrected chi connectivity index (χ3v) is 8.14. The summed E-state index contributed by atoms with van der Waals surface area (Å²) in [7, 11) is -3.49. The normalized spacial score (nSPS) is 22.2. The molecule has 2 aliphatic rings. The van der Waals surface area contributed by atoms with Crippen LogP contribution in [-0.2, 0) is 10.0 Å². The number of hydrogen-bond donors (Lipinski definition) is 1. The zero-order chi connectivity index (χ0) is 18.2. The van der Waals surface area contributed by atoms with Crippen LogP contribution in [0.3, 0.4) is 0 Å².